The van der Waals surface area contributed by atoms with Crippen LogP contribution in [0.2, 0.25) is 0 Å². The molecular weight excluding hydrogens is 333 g/mol. The van der Waals surface area contributed by atoms with Crippen molar-refractivity contribution in [1.29, 1.82) is 5.26 Å². The van der Waals surface area contributed by atoms with Gasteiger partial charge in [0.05, 0.1) is 35.1 Å². The van der Waals surface area contributed by atoms with Gasteiger partial charge in [-0.15, -0.1) is 0 Å². The molecular formula is C19H20FN5O. The number of rotatable bonds is 5. The number of aromatic nitrogens is 3. The zero-order valence-corrected chi connectivity index (χ0v) is 15.2. The minimum Gasteiger partial charge on any atom is -0.481 e. The summed E-state index contributed by atoms with van der Waals surface area (Å²) in [6, 6.07) is 4.96. The van der Waals surface area contributed by atoms with Crippen LogP contribution in [0.5, 0.6) is 5.88 Å². The lowest BCUT2D eigenvalue weighted by molar-refractivity contribution is 0.370. The van der Waals surface area contributed by atoms with Crippen LogP contribution < -0.4 is 10.1 Å². The molecule has 2 heterocycles. The second kappa shape index (κ2) is 7.00. The summed E-state index contributed by atoms with van der Waals surface area (Å²) in [5, 5.41) is 17.8. The van der Waals surface area contributed by atoms with E-state index in [4.69, 9.17) is 4.74 Å². The van der Waals surface area contributed by atoms with Gasteiger partial charge in [0, 0.05) is 25.2 Å². The molecule has 0 atom stereocenters. The number of pyridine rings is 1. The van der Waals surface area contributed by atoms with Gasteiger partial charge in [-0.2, -0.15) is 10.4 Å². The Morgan fingerprint density at radius 3 is 2.81 bits per heavy atom. The van der Waals surface area contributed by atoms with Gasteiger partial charge in [0.15, 0.2) is 0 Å². The third kappa shape index (κ3) is 2.94. The fourth-order valence-corrected chi connectivity index (χ4v) is 3.21. The number of methoxy groups -OCH3 is 1. The summed E-state index contributed by atoms with van der Waals surface area (Å²) in [4.78, 5) is 4.31. The summed E-state index contributed by atoms with van der Waals surface area (Å²) in [7, 11) is 3.42. The normalized spacial score (nSPS) is 10.8. The van der Waals surface area contributed by atoms with E-state index < -0.39 is 0 Å². The van der Waals surface area contributed by atoms with Crippen molar-refractivity contribution in [1.82, 2.24) is 14.8 Å². The van der Waals surface area contributed by atoms with Crippen LogP contribution in [0.3, 0.4) is 0 Å². The van der Waals surface area contributed by atoms with E-state index in [2.05, 4.69) is 21.5 Å². The fourth-order valence-electron chi connectivity index (χ4n) is 3.21. The molecule has 0 amide bonds. The molecule has 2 aromatic heterocycles. The Kier molecular flexibility index (Phi) is 4.76. The zero-order valence-electron chi connectivity index (χ0n) is 15.2. The first kappa shape index (κ1) is 17.7. The van der Waals surface area contributed by atoms with Crippen molar-refractivity contribution < 1.29 is 9.13 Å². The van der Waals surface area contributed by atoms with Gasteiger partial charge in [0.1, 0.15) is 11.9 Å². The maximum absolute atomic E-state index is 13.9. The minimum atomic E-state index is -0.358. The van der Waals surface area contributed by atoms with Gasteiger partial charge in [-0.1, -0.05) is 6.92 Å². The lowest BCUT2D eigenvalue weighted by Crippen LogP contribution is -2.06. The highest BCUT2D eigenvalue weighted by molar-refractivity contribution is 5.95. The lowest BCUT2D eigenvalue weighted by atomic mass is 10.1. The number of fused-ring (bicyclic) bond motifs is 1. The van der Waals surface area contributed by atoms with Gasteiger partial charge >= 0.3 is 0 Å². The number of nitrogens with zero attached hydrogens (tertiary/aromatic N) is 4. The summed E-state index contributed by atoms with van der Waals surface area (Å²) in [5.41, 5.74) is 4.15. The van der Waals surface area contributed by atoms with E-state index in [1.807, 2.05) is 14.0 Å². The highest BCUT2D eigenvalue weighted by Gasteiger charge is 2.17. The van der Waals surface area contributed by atoms with Crippen LogP contribution in [0, 0.1) is 24.1 Å². The topological polar surface area (TPSA) is 75.8 Å². The Labute approximate surface area is 151 Å². The van der Waals surface area contributed by atoms with Crippen LogP contribution in [-0.2, 0) is 20.0 Å². The average molecular weight is 353 g/mol. The van der Waals surface area contributed by atoms with Crippen LogP contribution in [0.25, 0.3) is 10.9 Å². The average Bonchev–Trinajstić information content (AvgIpc) is 2.94. The van der Waals surface area contributed by atoms with Gasteiger partial charge in [0.25, 0.3) is 0 Å². The van der Waals surface area contributed by atoms with Gasteiger partial charge in [-0.25, -0.2) is 9.07 Å². The number of aryl methyl sites for hydroxylation is 3. The lowest BCUT2D eigenvalue weighted by Gasteiger charge is -2.13. The highest BCUT2D eigenvalue weighted by Crippen LogP contribution is 2.30. The molecule has 134 valence electrons. The van der Waals surface area contributed by atoms with E-state index in [0.29, 0.717) is 34.6 Å². The number of halogens is 1. The van der Waals surface area contributed by atoms with Crippen molar-refractivity contribution >= 4 is 16.6 Å². The second-order valence-electron chi connectivity index (χ2n) is 6.04. The molecule has 0 bridgehead atoms. The maximum Gasteiger partial charge on any atom is 0.216 e. The van der Waals surface area contributed by atoms with E-state index in [-0.39, 0.29) is 5.82 Å². The maximum atomic E-state index is 13.9. The van der Waals surface area contributed by atoms with Crippen molar-refractivity contribution in [3.05, 3.63) is 46.5 Å². The molecule has 0 fully saturated rings. The number of hydrogen-bond donors (Lipinski definition) is 1. The first-order chi connectivity index (χ1) is 12.5. The predicted octanol–water partition coefficient (Wildman–Crippen LogP) is 3.47. The number of hydrogen-bond acceptors (Lipinski definition) is 5. The molecule has 0 aliphatic heterocycles. The number of benzene rings is 1. The Hall–Kier alpha value is -3.14. The monoisotopic (exact) mass is 353 g/mol. The summed E-state index contributed by atoms with van der Waals surface area (Å²) in [6.07, 6.45) is 2.26. The van der Waals surface area contributed by atoms with Crippen molar-refractivity contribution in [3.63, 3.8) is 0 Å². The van der Waals surface area contributed by atoms with Crippen molar-refractivity contribution in [2.75, 3.05) is 12.4 Å². The summed E-state index contributed by atoms with van der Waals surface area (Å²) in [5.74, 6) is 0.303. The first-order valence-electron chi connectivity index (χ1n) is 8.31. The molecule has 3 rings (SSSR count). The molecule has 1 N–H and O–H groups in total. The quantitative estimate of drug-likeness (QED) is 0.760. The molecule has 0 aliphatic rings. The van der Waals surface area contributed by atoms with Gasteiger partial charge in [0.2, 0.25) is 5.88 Å². The smallest absolute Gasteiger partial charge is 0.216 e. The third-order valence-corrected chi connectivity index (χ3v) is 4.39. The van der Waals surface area contributed by atoms with Crippen molar-refractivity contribution in [3.8, 4) is 11.9 Å². The zero-order chi connectivity index (χ0) is 18.8. The third-order valence-electron chi connectivity index (χ3n) is 4.39. The van der Waals surface area contributed by atoms with Gasteiger partial charge in [-0.3, -0.25) is 4.98 Å². The Balaban J connectivity index is 2.09. The molecule has 0 saturated carbocycles. The molecule has 1 aromatic carbocycles. The van der Waals surface area contributed by atoms with Crippen LogP contribution in [0.15, 0.2) is 18.3 Å². The van der Waals surface area contributed by atoms with Crippen molar-refractivity contribution in [2.24, 2.45) is 7.05 Å². The van der Waals surface area contributed by atoms with Gasteiger partial charge in [-0.05, 0) is 31.0 Å². The van der Waals surface area contributed by atoms with Crippen LogP contribution in [0.1, 0.15) is 29.3 Å². The van der Waals surface area contributed by atoms with E-state index in [0.717, 1.165) is 23.2 Å². The summed E-state index contributed by atoms with van der Waals surface area (Å²) < 4.78 is 21.1. The Bertz CT molecular complexity index is 1020. The standard InChI is InChI=1S/C19H20FN5O/c1-5-16-15(19(26-4)25(3)24-16)10-23-18-12(8-21)9-22-17-11(2)6-13(20)7-14(17)18/h6-7,9H,5,10H2,1-4H3,(H,22,23). The largest absolute Gasteiger partial charge is 0.481 e. The van der Waals surface area contributed by atoms with Crippen LogP contribution in [-0.4, -0.2) is 21.9 Å². The molecule has 0 saturated heterocycles. The highest BCUT2D eigenvalue weighted by atomic mass is 19.1. The van der Waals surface area contributed by atoms with E-state index in [1.165, 1.54) is 18.3 Å². The van der Waals surface area contributed by atoms with Crippen LogP contribution in [0.4, 0.5) is 10.1 Å². The Morgan fingerprint density at radius 1 is 1.38 bits per heavy atom. The molecule has 0 radical (unpaired) electrons. The van der Waals surface area contributed by atoms with Crippen molar-refractivity contribution in [2.45, 2.75) is 26.8 Å². The molecule has 26 heavy (non-hydrogen) atoms. The molecule has 0 aliphatic carbocycles. The molecule has 7 heteroatoms. The van der Waals surface area contributed by atoms with E-state index in [1.54, 1.807) is 18.7 Å². The van der Waals surface area contributed by atoms with E-state index in [9.17, 15) is 9.65 Å². The van der Waals surface area contributed by atoms with Crippen LogP contribution >= 0.6 is 0 Å². The summed E-state index contributed by atoms with van der Waals surface area (Å²) >= 11 is 0. The Morgan fingerprint density at radius 2 is 2.15 bits per heavy atom. The molecule has 3 aromatic rings. The SMILES string of the molecule is CCc1nn(C)c(OC)c1CNc1c(C#N)cnc2c(C)cc(F)cc12. The number of nitrogens with one attached hydrogen (secondary N) is 1. The fraction of sp³-hybridized carbons (Fsp3) is 0.316. The number of nitriles is 1. The molecule has 0 unspecified atom stereocenters. The first-order valence-corrected chi connectivity index (χ1v) is 8.31. The minimum absolute atomic E-state index is 0.358. The summed E-state index contributed by atoms with van der Waals surface area (Å²) in [6.45, 7) is 4.23. The molecule has 0 spiro atoms. The van der Waals surface area contributed by atoms with E-state index >= 15 is 0 Å². The molecule has 6 nitrogen and oxygen atoms in total. The predicted molar refractivity (Wildman–Crippen MR) is 97.6 cm³/mol. The van der Waals surface area contributed by atoms with Gasteiger partial charge < -0.3 is 10.1 Å². The number of ether oxygens (including phenoxy) is 1. The second-order valence-corrected chi connectivity index (χ2v) is 6.04. The number of anilines is 1.